The Hall–Kier alpha value is -0.410. The van der Waals surface area contributed by atoms with Crippen molar-refractivity contribution in [2.24, 2.45) is 11.8 Å². The molecule has 3 heteroatoms. The molecule has 1 saturated heterocycles. The molecule has 1 saturated carbocycles. The van der Waals surface area contributed by atoms with Gasteiger partial charge in [0.25, 0.3) is 0 Å². The molecule has 0 spiro atoms. The lowest BCUT2D eigenvalue weighted by atomic mass is 10.1. The van der Waals surface area contributed by atoms with E-state index in [9.17, 15) is 4.79 Å². The average molecular weight is 183 g/mol. The molecule has 74 valence electrons. The Labute approximate surface area is 78.7 Å². The van der Waals surface area contributed by atoms with E-state index in [1.165, 1.54) is 0 Å². The number of aliphatic hydroxyl groups is 1. The van der Waals surface area contributed by atoms with E-state index in [4.69, 9.17) is 5.11 Å². The molecule has 13 heavy (non-hydrogen) atoms. The number of aliphatic hydroxyl groups excluding tert-OH is 1. The highest BCUT2D eigenvalue weighted by molar-refractivity contribution is 5.85. The minimum absolute atomic E-state index is 0.272. The monoisotopic (exact) mass is 183 g/mol. The number of hydrogen-bond donors (Lipinski definition) is 1. The van der Waals surface area contributed by atoms with Crippen LogP contribution < -0.4 is 0 Å². The van der Waals surface area contributed by atoms with Crippen molar-refractivity contribution < 1.29 is 9.90 Å². The molecule has 3 nitrogen and oxygen atoms in total. The minimum Gasteiger partial charge on any atom is -0.396 e. The summed E-state index contributed by atoms with van der Waals surface area (Å²) >= 11 is 0. The maximum atomic E-state index is 11.5. The topological polar surface area (TPSA) is 40.5 Å². The van der Waals surface area contributed by atoms with E-state index in [1.54, 1.807) is 0 Å². The third kappa shape index (κ3) is 2.29. The van der Waals surface area contributed by atoms with Crippen LogP contribution in [0.1, 0.15) is 19.3 Å². The summed E-state index contributed by atoms with van der Waals surface area (Å²) in [6.07, 6.45) is 3.26. The van der Waals surface area contributed by atoms with Gasteiger partial charge in [-0.1, -0.05) is 0 Å². The van der Waals surface area contributed by atoms with E-state index < -0.39 is 0 Å². The first-order chi connectivity index (χ1) is 6.29. The molecule has 1 N–H and O–H groups in total. The second-order valence-corrected chi connectivity index (χ2v) is 4.31. The zero-order valence-electron chi connectivity index (χ0n) is 7.91. The van der Waals surface area contributed by atoms with E-state index >= 15 is 0 Å². The Balaban J connectivity index is 1.73. The van der Waals surface area contributed by atoms with Gasteiger partial charge in [-0.15, -0.1) is 0 Å². The third-order valence-corrected chi connectivity index (χ3v) is 3.04. The number of rotatable bonds is 4. The van der Waals surface area contributed by atoms with Gasteiger partial charge in [0, 0.05) is 19.1 Å². The standard InChI is InChI=1S/C10H17NO2/c12-7-8-3-4-11(5-8)6-10(13)9-1-2-9/h8-9,12H,1-7H2. The zero-order chi connectivity index (χ0) is 9.26. The van der Waals surface area contributed by atoms with Crippen LogP contribution in [0.4, 0.5) is 0 Å². The SMILES string of the molecule is O=C(CN1CCC(CO)C1)C1CC1. The van der Waals surface area contributed by atoms with Crippen LogP contribution in [0.2, 0.25) is 0 Å². The first-order valence-corrected chi connectivity index (χ1v) is 5.15. The molecule has 1 aliphatic heterocycles. The van der Waals surface area contributed by atoms with Gasteiger partial charge in [-0.2, -0.15) is 0 Å². The van der Waals surface area contributed by atoms with Crippen LogP contribution in [-0.2, 0) is 4.79 Å². The Bertz CT molecular complexity index is 201. The smallest absolute Gasteiger partial charge is 0.149 e. The van der Waals surface area contributed by atoms with Crippen LogP contribution in [-0.4, -0.2) is 42.0 Å². The van der Waals surface area contributed by atoms with E-state index in [1.807, 2.05) is 0 Å². The molecule has 1 atom stereocenters. The van der Waals surface area contributed by atoms with E-state index in [-0.39, 0.29) is 6.61 Å². The second kappa shape index (κ2) is 3.76. The van der Waals surface area contributed by atoms with Gasteiger partial charge in [-0.25, -0.2) is 0 Å². The van der Waals surface area contributed by atoms with E-state index in [2.05, 4.69) is 4.90 Å². The number of ketones is 1. The van der Waals surface area contributed by atoms with Gasteiger partial charge in [0.1, 0.15) is 5.78 Å². The van der Waals surface area contributed by atoms with Gasteiger partial charge in [0.15, 0.2) is 0 Å². The molecule has 1 unspecified atom stereocenters. The summed E-state index contributed by atoms with van der Waals surface area (Å²) in [5, 5.41) is 8.93. The van der Waals surface area contributed by atoms with Gasteiger partial charge in [-0.3, -0.25) is 9.69 Å². The van der Waals surface area contributed by atoms with Gasteiger partial charge >= 0.3 is 0 Å². The van der Waals surface area contributed by atoms with Gasteiger partial charge in [0.05, 0.1) is 6.54 Å². The highest BCUT2D eigenvalue weighted by atomic mass is 16.3. The summed E-state index contributed by atoms with van der Waals surface area (Å²) < 4.78 is 0. The minimum atomic E-state index is 0.272. The summed E-state index contributed by atoms with van der Waals surface area (Å²) in [7, 11) is 0. The van der Waals surface area contributed by atoms with Crippen molar-refractivity contribution in [3.8, 4) is 0 Å². The lowest BCUT2D eigenvalue weighted by molar-refractivity contribution is -0.121. The van der Waals surface area contributed by atoms with Crippen molar-refractivity contribution in [3.05, 3.63) is 0 Å². The highest BCUT2D eigenvalue weighted by Gasteiger charge is 2.32. The zero-order valence-corrected chi connectivity index (χ0v) is 7.91. The molecule has 0 amide bonds. The maximum Gasteiger partial charge on any atom is 0.149 e. The molecular weight excluding hydrogens is 166 g/mol. The Morgan fingerprint density at radius 1 is 1.38 bits per heavy atom. The maximum absolute atomic E-state index is 11.5. The van der Waals surface area contributed by atoms with Crippen LogP contribution >= 0.6 is 0 Å². The van der Waals surface area contributed by atoms with Crippen LogP contribution in [0.25, 0.3) is 0 Å². The van der Waals surface area contributed by atoms with Crippen LogP contribution in [0.5, 0.6) is 0 Å². The van der Waals surface area contributed by atoms with E-state index in [0.29, 0.717) is 24.2 Å². The Morgan fingerprint density at radius 2 is 2.15 bits per heavy atom. The number of carbonyl (C=O) groups excluding carboxylic acids is 1. The summed E-state index contributed by atoms with van der Waals surface area (Å²) in [6, 6.07) is 0. The highest BCUT2D eigenvalue weighted by Crippen LogP contribution is 2.30. The van der Waals surface area contributed by atoms with Crippen LogP contribution in [0.3, 0.4) is 0 Å². The molecule has 0 bridgehead atoms. The lowest BCUT2D eigenvalue weighted by Crippen LogP contribution is -2.29. The van der Waals surface area contributed by atoms with Gasteiger partial charge in [-0.05, 0) is 31.7 Å². The first-order valence-electron chi connectivity index (χ1n) is 5.15. The van der Waals surface area contributed by atoms with Crippen molar-refractivity contribution >= 4 is 5.78 Å². The molecule has 0 radical (unpaired) electrons. The largest absolute Gasteiger partial charge is 0.396 e. The van der Waals surface area contributed by atoms with Crippen molar-refractivity contribution in [2.75, 3.05) is 26.2 Å². The van der Waals surface area contributed by atoms with Gasteiger partial charge < -0.3 is 5.11 Å². The molecule has 2 rings (SSSR count). The van der Waals surface area contributed by atoms with Crippen LogP contribution in [0, 0.1) is 11.8 Å². The van der Waals surface area contributed by atoms with Crippen molar-refractivity contribution in [3.63, 3.8) is 0 Å². The number of carbonyl (C=O) groups is 1. The number of nitrogens with zero attached hydrogens (tertiary/aromatic N) is 1. The number of hydrogen-bond acceptors (Lipinski definition) is 3. The van der Waals surface area contributed by atoms with Crippen molar-refractivity contribution in [1.82, 2.24) is 4.90 Å². The number of Topliss-reactive ketones (excluding diaryl/α,β-unsaturated/α-hetero) is 1. The van der Waals surface area contributed by atoms with Crippen LogP contribution in [0.15, 0.2) is 0 Å². The molecule has 1 heterocycles. The third-order valence-electron chi connectivity index (χ3n) is 3.04. The summed E-state index contributed by atoms with van der Waals surface area (Å²) in [6.45, 7) is 2.80. The molecule has 0 aromatic carbocycles. The molecule has 2 fully saturated rings. The number of likely N-dealkylation sites (tertiary alicyclic amines) is 1. The first kappa shape index (κ1) is 9.16. The van der Waals surface area contributed by atoms with Crippen molar-refractivity contribution in [1.29, 1.82) is 0 Å². The lowest BCUT2D eigenvalue weighted by Gasteiger charge is -2.13. The molecule has 0 aromatic rings. The quantitative estimate of drug-likeness (QED) is 0.680. The molecular formula is C10H17NO2. The molecule has 1 aliphatic carbocycles. The fraction of sp³-hybridized carbons (Fsp3) is 0.900. The Morgan fingerprint density at radius 3 is 2.69 bits per heavy atom. The Kier molecular flexibility index (Phi) is 2.65. The van der Waals surface area contributed by atoms with E-state index in [0.717, 1.165) is 32.4 Å². The summed E-state index contributed by atoms with van der Waals surface area (Å²) in [4.78, 5) is 13.6. The average Bonchev–Trinajstić information content (AvgIpc) is 2.88. The second-order valence-electron chi connectivity index (χ2n) is 4.31. The van der Waals surface area contributed by atoms with Gasteiger partial charge in [0.2, 0.25) is 0 Å². The molecule has 2 aliphatic rings. The predicted molar refractivity (Wildman–Crippen MR) is 49.4 cm³/mol. The fourth-order valence-corrected chi connectivity index (χ4v) is 1.96. The summed E-state index contributed by atoms with van der Waals surface area (Å²) in [5.74, 6) is 1.21. The predicted octanol–water partition coefficient (Wildman–Crippen LogP) is 0.280. The fourth-order valence-electron chi connectivity index (χ4n) is 1.96. The van der Waals surface area contributed by atoms with Crippen molar-refractivity contribution in [2.45, 2.75) is 19.3 Å². The normalized spacial score (nSPS) is 29.5. The summed E-state index contributed by atoms with van der Waals surface area (Å²) in [5.41, 5.74) is 0. The molecule has 0 aromatic heterocycles.